The second kappa shape index (κ2) is 8.04. The number of fused-ring (bicyclic) bond motifs is 1. The highest BCUT2D eigenvalue weighted by atomic mass is 32.2. The average Bonchev–Trinajstić information content (AvgIpc) is 3.37. The minimum Gasteiger partial charge on any atom is -0.332 e. The normalized spacial score (nSPS) is 20.6. The molecular formula is C19H25N3O4S2. The minimum absolute atomic E-state index is 0.0131. The predicted octanol–water partition coefficient (Wildman–Crippen LogP) is 2.31. The molecule has 152 valence electrons. The third kappa shape index (κ3) is 3.79. The van der Waals surface area contributed by atoms with Crippen LogP contribution in [0, 0.1) is 0 Å². The van der Waals surface area contributed by atoms with E-state index in [1.165, 1.54) is 11.8 Å². The first kappa shape index (κ1) is 19.7. The molecule has 0 N–H and O–H groups in total. The number of amides is 2. The number of carbonyl (C=O) groups excluding carboxylic acids is 2. The number of thioether (sulfide) groups is 1. The first-order valence-corrected chi connectivity index (χ1v) is 12.2. The topological polar surface area (TPSA) is 78.0 Å². The molecule has 0 radical (unpaired) electrons. The fourth-order valence-electron chi connectivity index (χ4n) is 4.06. The van der Waals surface area contributed by atoms with Crippen molar-refractivity contribution in [3.63, 3.8) is 0 Å². The largest absolute Gasteiger partial charge is 0.332 e. The molecule has 3 aliphatic rings. The zero-order chi connectivity index (χ0) is 19.7. The molecule has 3 heterocycles. The Morgan fingerprint density at radius 3 is 2.57 bits per heavy atom. The molecule has 4 rings (SSSR count). The number of hydrogen-bond acceptors (Lipinski definition) is 5. The average molecular weight is 424 g/mol. The van der Waals surface area contributed by atoms with Crippen LogP contribution >= 0.6 is 11.8 Å². The number of hydrogen-bond donors (Lipinski definition) is 0. The van der Waals surface area contributed by atoms with Crippen LogP contribution in [0.5, 0.6) is 0 Å². The van der Waals surface area contributed by atoms with Gasteiger partial charge in [-0.1, -0.05) is 11.8 Å². The van der Waals surface area contributed by atoms with Crippen LogP contribution in [-0.2, 0) is 21.2 Å². The van der Waals surface area contributed by atoms with E-state index >= 15 is 0 Å². The van der Waals surface area contributed by atoms with Crippen molar-refractivity contribution < 1.29 is 18.0 Å². The summed E-state index contributed by atoms with van der Waals surface area (Å²) in [6.45, 7) is 2.94. The number of carbonyl (C=O) groups is 2. The number of anilines is 1. The Hall–Kier alpha value is -1.58. The highest BCUT2D eigenvalue weighted by Crippen LogP contribution is 2.31. The zero-order valence-electron chi connectivity index (χ0n) is 15.8. The highest BCUT2D eigenvalue weighted by Gasteiger charge is 2.30. The van der Waals surface area contributed by atoms with Crippen LogP contribution in [0.3, 0.4) is 0 Å². The first-order valence-electron chi connectivity index (χ1n) is 9.82. The van der Waals surface area contributed by atoms with Crippen molar-refractivity contribution >= 4 is 38.6 Å². The van der Waals surface area contributed by atoms with Gasteiger partial charge in [0.05, 0.1) is 4.90 Å². The summed E-state index contributed by atoms with van der Waals surface area (Å²) in [6, 6.07) is 5.13. The van der Waals surface area contributed by atoms with E-state index in [1.54, 1.807) is 32.3 Å². The fourth-order valence-corrected chi connectivity index (χ4v) is 6.48. The van der Waals surface area contributed by atoms with E-state index in [-0.39, 0.29) is 11.1 Å². The Bertz CT molecular complexity index is 881. The van der Waals surface area contributed by atoms with E-state index in [1.807, 2.05) is 0 Å². The second-order valence-electron chi connectivity index (χ2n) is 7.40. The van der Waals surface area contributed by atoms with Crippen molar-refractivity contribution in [1.29, 1.82) is 0 Å². The van der Waals surface area contributed by atoms with Crippen molar-refractivity contribution in [1.82, 2.24) is 9.21 Å². The van der Waals surface area contributed by atoms with Gasteiger partial charge in [0.2, 0.25) is 15.9 Å². The molecule has 0 spiro atoms. The van der Waals surface area contributed by atoms with E-state index in [0.717, 1.165) is 42.7 Å². The van der Waals surface area contributed by atoms with Crippen LogP contribution in [0.1, 0.15) is 31.2 Å². The maximum atomic E-state index is 12.8. The molecule has 0 atom stereocenters. The van der Waals surface area contributed by atoms with Gasteiger partial charge in [0, 0.05) is 50.6 Å². The Balaban J connectivity index is 1.50. The molecule has 28 heavy (non-hydrogen) atoms. The maximum absolute atomic E-state index is 12.8. The molecule has 2 amide bonds. The van der Waals surface area contributed by atoms with E-state index in [2.05, 4.69) is 0 Å². The third-order valence-corrected chi connectivity index (χ3v) is 8.40. The summed E-state index contributed by atoms with van der Waals surface area (Å²) in [5.41, 5.74) is 1.71. The van der Waals surface area contributed by atoms with Crippen molar-refractivity contribution in [3.8, 4) is 0 Å². The zero-order valence-corrected chi connectivity index (χ0v) is 17.4. The number of sulfonamides is 1. The van der Waals surface area contributed by atoms with Crippen molar-refractivity contribution in [2.45, 2.75) is 37.0 Å². The van der Waals surface area contributed by atoms with E-state index in [4.69, 9.17) is 0 Å². The van der Waals surface area contributed by atoms with Gasteiger partial charge in [-0.3, -0.25) is 9.59 Å². The SMILES string of the molecule is O=C1SCCN1CCC(=O)N1CCCc2cc(S(=O)(=O)N3CCCC3)ccc21. The molecule has 3 aliphatic heterocycles. The van der Waals surface area contributed by atoms with Crippen LogP contribution in [0.25, 0.3) is 0 Å². The van der Waals surface area contributed by atoms with Crippen LogP contribution in [0.4, 0.5) is 10.5 Å². The highest BCUT2D eigenvalue weighted by molar-refractivity contribution is 8.13. The molecule has 1 aromatic rings. The molecule has 2 saturated heterocycles. The predicted molar refractivity (Wildman–Crippen MR) is 109 cm³/mol. The smallest absolute Gasteiger partial charge is 0.281 e. The summed E-state index contributed by atoms with van der Waals surface area (Å²) >= 11 is 1.30. The quantitative estimate of drug-likeness (QED) is 0.726. The Morgan fingerprint density at radius 2 is 1.86 bits per heavy atom. The van der Waals surface area contributed by atoms with E-state index in [9.17, 15) is 18.0 Å². The Labute approximate surface area is 170 Å². The van der Waals surface area contributed by atoms with Gasteiger partial charge in [-0.2, -0.15) is 4.31 Å². The van der Waals surface area contributed by atoms with Gasteiger partial charge < -0.3 is 9.80 Å². The molecule has 9 heteroatoms. The molecule has 1 aromatic carbocycles. The fraction of sp³-hybridized carbons (Fsp3) is 0.579. The lowest BCUT2D eigenvalue weighted by atomic mass is 10.0. The summed E-state index contributed by atoms with van der Waals surface area (Å²) < 4.78 is 27.2. The summed E-state index contributed by atoms with van der Waals surface area (Å²) in [5.74, 6) is 0.772. The third-order valence-electron chi connectivity index (χ3n) is 5.61. The van der Waals surface area contributed by atoms with Crippen molar-refractivity contribution in [2.24, 2.45) is 0 Å². The Kier molecular flexibility index (Phi) is 5.66. The second-order valence-corrected chi connectivity index (χ2v) is 10.4. The standard InChI is InChI=1S/C19H25N3O4S2/c23-18(7-11-20-12-13-27-19(20)24)22-10-3-4-15-14-16(5-6-17(15)22)28(25,26)21-8-1-2-9-21/h5-6,14H,1-4,7-13H2. The summed E-state index contributed by atoms with van der Waals surface area (Å²) in [4.78, 5) is 28.3. The van der Waals surface area contributed by atoms with Gasteiger partial charge in [-0.25, -0.2) is 8.42 Å². The lowest BCUT2D eigenvalue weighted by Gasteiger charge is -2.30. The number of nitrogens with zero attached hydrogens (tertiary/aromatic N) is 3. The number of aryl methyl sites for hydroxylation is 1. The van der Waals surface area contributed by atoms with Crippen molar-refractivity contribution in [2.75, 3.05) is 43.4 Å². The lowest BCUT2D eigenvalue weighted by molar-refractivity contribution is -0.118. The van der Waals surface area contributed by atoms with Gasteiger partial charge in [0.25, 0.3) is 5.24 Å². The van der Waals surface area contributed by atoms with Gasteiger partial charge in [-0.05, 0) is 49.4 Å². The van der Waals surface area contributed by atoms with Gasteiger partial charge in [0.1, 0.15) is 0 Å². The molecule has 0 saturated carbocycles. The van der Waals surface area contributed by atoms with Gasteiger partial charge in [0.15, 0.2) is 0 Å². The molecule has 0 unspecified atom stereocenters. The molecular weight excluding hydrogens is 398 g/mol. The Morgan fingerprint density at radius 1 is 1.07 bits per heavy atom. The molecule has 7 nitrogen and oxygen atoms in total. The van der Waals surface area contributed by atoms with E-state index < -0.39 is 10.0 Å². The number of benzene rings is 1. The van der Waals surface area contributed by atoms with Crippen LogP contribution in [-0.4, -0.2) is 67.2 Å². The lowest BCUT2D eigenvalue weighted by Crippen LogP contribution is -2.38. The maximum Gasteiger partial charge on any atom is 0.281 e. The van der Waals surface area contributed by atoms with Crippen LogP contribution in [0.2, 0.25) is 0 Å². The molecule has 2 fully saturated rings. The summed E-state index contributed by atoms with van der Waals surface area (Å²) in [6.07, 6.45) is 3.68. The first-order chi connectivity index (χ1) is 13.5. The van der Waals surface area contributed by atoms with Crippen LogP contribution in [0.15, 0.2) is 23.1 Å². The van der Waals surface area contributed by atoms with Gasteiger partial charge >= 0.3 is 0 Å². The van der Waals surface area contributed by atoms with Crippen molar-refractivity contribution in [3.05, 3.63) is 23.8 Å². The minimum atomic E-state index is -3.45. The molecule has 0 aliphatic carbocycles. The number of rotatable bonds is 5. The molecule has 0 bridgehead atoms. The summed E-state index contributed by atoms with van der Waals surface area (Å²) in [7, 11) is -3.45. The summed E-state index contributed by atoms with van der Waals surface area (Å²) in [5, 5.41) is 0.0450. The van der Waals surface area contributed by atoms with Gasteiger partial charge in [-0.15, -0.1) is 0 Å². The van der Waals surface area contributed by atoms with Crippen LogP contribution < -0.4 is 4.90 Å². The molecule has 0 aromatic heterocycles. The van der Waals surface area contributed by atoms with E-state index in [0.29, 0.717) is 44.0 Å². The monoisotopic (exact) mass is 423 g/mol.